The van der Waals surface area contributed by atoms with Gasteiger partial charge in [-0.1, -0.05) is 15.9 Å². The molecule has 3 rings (SSSR count). The van der Waals surface area contributed by atoms with Gasteiger partial charge >= 0.3 is 0 Å². The molecule has 1 saturated heterocycles. The second kappa shape index (κ2) is 5.54. The van der Waals surface area contributed by atoms with Crippen LogP contribution in [0.2, 0.25) is 0 Å². The molecule has 0 bridgehead atoms. The van der Waals surface area contributed by atoms with Gasteiger partial charge in [-0.3, -0.25) is 9.89 Å². The Labute approximate surface area is 125 Å². The van der Waals surface area contributed by atoms with Crippen LogP contribution in [0.3, 0.4) is 0 Å². The van der Waals surface area contributed by atoms with Crippen molar-refractivity contribution in [3.8, 4) is 0 Å². The number of rotatable bonds is 2. The average molecular weight is 337 g/mol. The van der Waals surface area contributed by atoms with Gasteiger partial charge < -0.3 is 10.2 Å². The van der Waals surface area contributed by atoms with E-state index in [9.17, 15) is 4.79 Å². The number of carbonyl (C=O) groups excluding carboxylic acids is 1. The number of piperidine rings is 1. The van der Waals surface area contributed by atoms with E-state index in [-0.39, 0.29) is 5.91 Å². The normalized spacial score (nSPS) is 19.5. The molecule has 2 aromatic rings. The lowest BCUT2D eigenvalue weighted by Gasteiger charge is -2.32. The van der Waals surface area contributed by atoms with Crippen LogP contribution < -0.4 is 5.32 Å². The summed E-state index contributed by atoms with van der Waals surface area (Å²) in [4.78, 5) is 14.5. The van der Waals surface area contributed by atoms with E-state index in [1.807, 2.05) is 30.1 Å². The van der Waals surface area contributed by atoms with E-state index in [0.717, 1.165) is 41.3 Å². The molecular weight excluding hydrogens is 320 g/mol. The summed E-state index contributed by atoms with van der Waals surface area (Å²) in [5.74, 6) is 0.00861. The smallest absolute Gasteiger partial charge is 0.275 e. The molecule has 1 amide bonds. The maximum Gasteiger partial charge on any atom is 0.275 e. The lowest BCUT2D eigenvalue weighted by Crippen LogP contribution is -2.47. The highest BCUT2D eigenvalue weighted by Gasteiger charge is 2.26. The lowest BCUT2D eigenvalue weighted by molar-refractivity contribution is 0.0694. The highest BCUT2D eigenvalue weighted by atomic mass is 79.9. The predicted octanol–water partition coefficient (Wildman–Crippen LogP) is 2.15. The number of hydrogen-bond acceptors (Lipinski definition) is 3. The molecule has 0 saturated carbocycles. The third-order valence-electron chi connectivity index (χ3n) is 3.84. The molecule has 0 radical (unpaired) electrons. The van der Waals surface area contributed by atoms with E-state index in [0.29, 0.717) is 11.7 Å². The van der Waals surface area contributed by atoms with Gasteiger partial charge in [-0.2, -0.15) is 5.10 Å². The van der Waals surface area contributed by atoms with Crippen LogP contribution in [0.4, 0.5) is 0 Å². The molecule has 1 aromatic carbocycles. The quantitative estimate of drug-likeness (QED) is 0.883. The third kappa shape index (κ3) is 2.45. The molecule has 1 aliphatic heterocycles. The van der Waals surface area contributed by atoms with Crippen LogP contribution in [0, 0.1) is 0 Å². The maximum absolute atomic E-state index is 12.6. The highest BCUT2D eigenvalue weighted by Crippen LogP contribution is 2.23. The van der Waals surface area contributed by atoms with E-state index >= 15 is 0 Å². The number of hydrogen-bond donors (Lipinski definition) is 2. The average Bonchev–Trinajstić information content (AvgIpc) is 2.89. The predicted molar refractivity (Wildman–Crippen MR) is 81.8 cm³/mol. The molecule has 1 unspecified atom stereocenters. The van der Waals surface area contributed by atoms with Crippen molar-refractivity contribution < 1.29 is 4.79 Å². The molecule has 1 fully saturated rings. The summed E-state index contributed by atoms with van der Waals surface area (Å²) in [5.41, 5.74) is 1.40. The minimum absolute atomic E-state index is 0.00861. The Hall–Kier alpha value is -1.40. The van der Waals surface area contributed by atoms with Crippen molar-refractivity contribution in [2.75, 3.05) is 20.1 Å². The first-order valence-corrected chi connectivity index (χ1v) is 7.58. The highest BCUT2D eigenvalue weighted by molar-refractivity contribution is 9.10. The van der Waals surface area contributed by atoms with Crippen LogP contribution in [0.25, 0.3) is 10.9 Å². The Balaban J connectivity index is 1.90. The topological polar surface area (TPSA) is 61.0 Å². The Kier molecular flexibility index (Phi) is 3.76. The van der Waals surface area contributed by atoms with Crippen molar-refractivity contribution >= 4 is 32.7 Å². The molecule has 1 atom stereocenters. The number of benzene rings is 1. The number of nitrogens with one attached hydrogen (secondary N) is 2. The van der Waals surface area contributed by atoms with E-state index < -0.39 is 0 Å². The minimum atomic E-state index is 0.00861. The van der Waals surface area contributed by atoms with Gasteiger partial charge in [-0.25, -0.2) is 0 Å². The summed E-state index contributed by atoms with van der Waals surface area (Å²) in [6.45, 7) is 1.55. The Bertz CT molecular complexity index is 639. The first kappa shape index (κ1) is 13.6. The molecule has 2 heterocycles. The van der Waals surface area contributed by atoms with E-state index in [1.54, 1.807) is 0 Å². The number of H-pyrrole nitrogens is 1. The Morgan fingerprint density at radius 3 is 3.20 bits per heavy atom. The van der Waals surface area contributed by atoms with Gasteiger partial charge in [0.2, 0.25) is 0 Å². The molecule has 1 aliphatic rings. The second-order valence-electron chi connectivity index (χ2n) is 5.14. The monoisotopic (exact) mass is 336 g/mol. The van der Waals surface area contributed by atoms with E-state index in [2.05, 4.69) is 31.4 Å². The third-order valence-corrected chi connectivity index (χ3v) is 4.34. The van der Waals surface area contributed by atoms with E-state index in [1.165, 1.54) is 0 Å². The largest absolute Gasteiger partial charge is 0.336 e. The van der Waals surface area contributed by atoms with Crippen molar-refractivity contribution in [3.05, 3.63) is 28.4 Å². The summed E-state index contributed by atoms with van der Waals surface area (Å²) < 4.78 is 0.951. The van der Waals surface area contributed by atoms with Crippen molar-refractivity contribution in [2.24, 2.45) is 0 Å². The summed E-state index contributed by atoms with van der Waals surface area (Å²) in [6, 6.07) is 6.18. The summed E-state index contributed by atoms with van der Waals surface area (Å²) in [6.07, 6.45) is 2.15. The molecule has 2 N–H and O–H groups in total. The fraction of sp³-hybridized carbons (Fsp3) is 0.429. The number of aromatic amines is 1. The molecule has 0 aliphatic carbocycles. The van der Waals surface area contributed by atoms with Gasteiger partial charge in [0.15, 0.2) is 5.69 Å². The number of fused-ring (bicyclic) bond motifs is 1. The van der Waals surface area contributed by atoms with Gasteiger partial charge in [-0.15, -0.1) is 0 Å². The zero-order chi connectivity index (χ0) is 14.1. The summed E-state index contributed by atoms with van der Waals surface area (Å²) >= 11 is 3.44. The molecule has 1 aromatic heterocycles. The summed E-state index contributed by atoms with van der Waals surface area (Å²) in [7, 11) is 1.94. The first-order chi connectivity index (χ1) is 9.69. The van der Waals surface area contributed by atoms with E-state index in [4.69, 9.17) is 0 Å². The standard InChI is InChI=1S/C14H17BrN4O/c1-16-10-3-2-6-19(8-10)14(20)13-11-7-9(15)4-5-12(11)17-18-13/h4-5,7,10,16H,2-3,6,8H2,1H3,(H,17,18). The zero-order valence-electron chi connectivity index (χ0n) is 11.3. The molecule has 0 spiro atoms. The SMILES string of the molecule is CNC1CCCN(C(=O)c2n[nH]c3ccc(Br)cc23)C1. The minimum Gasteiger partial charge on any atom is -0.336 e. The van der Waals surface area contributed by atoms with Crippen LogP contribution >= 0.6 is 15.9 Å². The maximum atomic E-state index is 12.6. The van der Waals surface area contributed by atoms with Gasteiger partial charge in [-0.05, 0) is 38.1 Å². The van der Waals surface area contributed by atoms with Crippen molar-refractivity contribution in [3.63, 3.8) is 0 Å². The molecule has 106 valence electrons. The fourth-order valence-corrected chi connectivity index (χ4v) is 3.06. The number of nitrogens with zero attached hydrogens (tertiary/aromatic N) is 2. The number of aromatic nitrogens is 2. The number of amides is 1. The first-order valence-electron chi connectivity index (χ1n) is 6.79. The van der Waals surface area contributed by atoms with Crippen molar-refractivity contribution in [1.29, 1.82) is 0 Å². The lowest BCUT2D eigenvalue weighted by atomic mass is 10.1. The van der Waals surface area contributed by atoms with Gasteiger partial charge in [0, 0.05) is 29.0 Å². The van der Waals surface area contributed by atoms with Crippen LogP contribution in [-0.2, 0) is 0 Å². The Morgan fingerprint density at radius 2 is 2.40 bits per heavy atom. The van der Waals surface area contributed by atoms with Crippen LogP contribution in [0.5, 0.6) is 0 Å². The fourth-order valence-electron chi connectivity index (χ4n) is 2.70. The number of likely N-dealkylation sites (N-methyl/N-ethyl adjacent to an activating group) is 1. The summed E-state index contributed by atoms with van der Waals surface area (Å²) in [5, 5.41) is 11.3. The molecule has 5 nitrogen and oxygen atoms in total. The van der Waals surface area contributed by atoms with Gasteiger partial charge in [0.25, 0.3) is 5.91 Å². The number of carbonyl (C=O) groups is 1. The van der Waals surface area contributed by atoms with Crippen molar-refractivity contribution in [2.45, 2.75) is 18.9 Å². The van der Waals surface area contributed by atoms with Gasteiger partial charge in [0.05, 0.1) is 5.52 Å². The van der Waals surface area contributed by atoms with Gasteiger partial charge in [0.1, 0.15) is 0 Å². The van der Waals surface area contributed by atoms with Crippen LogP contribution in [-0.4, -0.2) is 47.2 Å². The van der Waals surface area contributed by atoms with Crippen LogP contribution in [0.1, 0.15) is 23.3 Å². The zero-order valence-corrected chi connectivity index (χ0v) is 12.9. The molecule has 20 heavy (non-hydrogen) atoms. The molecule has 6 heteroatoms. The number of halogens is 1. The molecular formula is C14H17BrN4O. The van der Waals surface area contributed by atoms with Crippen molar-refractivity contribution in [1.82, 2.24) is 20.4 Å². The van der Waals surface area contributed by atoms with Crippen LogP contribution in [0.15, 0.2) is 22.7 Å². The Morgan fingerprint density at radius 1 is 1.55 bits per heavy atom. The number of likely N-dealkylation sites (tertiary alicyclic amines) is 1. The second-order valence-corrected chi connectivity index (χ2v) is 6.06.